The molecule has 0 bridgehead atoms. The highest BCUT2D eigenvalue weighted by Gasteiger charge is 2.34. The largest absolute Gasteiger partial charge is 0.494 e. The van der Waals surface area contributed by atoms with Crippen LogP contribution in [0, 0.1) is 0 Å². The van der Waals surface area contributed by atoms with Crippen LogP contribution in [0.5, 0.6) is 5.75 Å². The minimum Gasteiger partial charge on any atom is -0.494 e. The van der Waals surface area contributed by atoms with E-state index in [4.69, 9.17) is 16.3 Å². The smallest absolute Gasteiger partial charge is 0.264 e. The molecule has 2 amide bonds. The molecule has 0 unspecified atom stereocenters. The molecule has 1 N–H and O–H groups in total. The normalized spacial score (nSPS) is 12.7. The zero-order chi connectivity index (χ0) is 31.6. The Bertz CT molecular complexity index is 1470. The summed E-state index contributed by atoms with van der Waals surface area (Å²) in [6.07, 6.45) is 2.95. The predicted octanol–water partition coefficient (Wildman–Crippen LogP) is 6.38. The third-order valence-electron chi connectivity index (χ3n) is 7.05. The highest BCUT2D eigenvalue weighted by molar-refractivity contribution is 7.98. The number of hydrogen-bond acceptors (Lipinski definition) is 6. The van der Waals surface area contributed by atoms with Crippen molar-refractivity contribution in [3.8, 4) is 5.75 Å². The average Bonchev–Trinajstić information content (AvgIpc) is 3.01. The lowest BCUT2D eigenvalue weighted by atomic mass is 10.1. The Morgan fingerprint density at radius 2 is 1.60 bits per heavy atom. The third-order valence-corrected chi connectivity index (χ3v) is 9.95. The quantitative estimate of drug-likeness (QED) is 0.193. The van der Waals surface area contributed by atoms with Crippen LogP contribution in [0.4, 0.5) is 5.69 Å². The van der Waals surface area contributed by atoms with Gasteiger partial charge in [0.25, 0.3) is 10.0 Å². The molecule has 0 spiro atoms. The van der Waals surface area contributed by atoms with Gasteiger partial charge in [0.05, 0.1) is 17.2 Å². The molecule has 0 aliphatic rings. The highest BCUT2D eigenvalue weighted by atomic mass is 35.5. The number of carbonyl (C=O) groups is 2. The van der Waals surface area contributed by atoms with Gasteiger partial charge in [0.15, 0.2) is 0 Å². The average molecular weight is 646 g/mol. The molecular weight excluding hydrogens is 606 g/mol. The van der Waals surface area contributed by atoms with Crippen LogP contribution in [0.3, 0.4) is 0 Å². The van der Waals surface area contributed by atoms with Gasteiger partial charge in [-0.2, -0.15) is 0 Å². The molecule has 0 aliphatic heterocycles. The summed E-state index contributed by atoms with van der Waals surface area (Å²) >= 11 is 7.97. The first-order valence-corrected chi connectivity index (χ1v) is 17.3. The van der Waals surface area contributed by atoms with Gasteiger partial charge in [0.2, 0.25) is 11.8 Å². The van der Waals surface area contributed by atoms with Crippen molar-refractivity contribution in [3.63, 3.8) is 0 Å². The summed E-state index contributed by atoms with van der Waals surface area (Å²) in [5.74, 6) is -0.267. The SMILES string of the molecule is CCOc1ccc(N(CC(=O)N(Cc2ccccc2Cl)[C@H](CC)C(=O)N[C@H](C)CC)S(=O)(=O)c2ccc(SC)cc2)cc1. The van der Waals surface area contributed by atoms with E-state index in [-0.39, 0.29) is 23.4 Å². The molecule has 43 heavy (non-hydrogen) atoms. The summed E-state index contributed by atoms with van der Waals surface area (Å²) in [4.78, 5) is 30.0. The van der Waals surface area contributed by atoms with E-state index in [9.17, 15) is 18.0 Å². The topological polar surface area (TPSA) is 96.0 Å². The van der Waals surface area contributed by atoms with E-state index in [0.717, 1.165) is 15.6 Å². The minimum atomic E-state index is -4.18. The van der Waals surface area contributed by atoms with Crippen molar-refractivity contribution in [1.82, 2.24) is 10.2 Å². The monoisotopic (exact) mass is 645 g/mol. The Balaban J connectivity index is 2.08. The van der Waals surface area contributed by atoms with Crippen molar-refractivity contribution >= 4 is 50.9 Å². The molecule has 2 atom stereocenters. The van der Waals surface area contributed by atoms with Crippen molar-refractivity contribution in [3.05, 3.63) is 83.4 Å². The Morgan fingerprint density at radius 3 is 2.16 bits per heavy atom. The van der Waals surface area contributed by atoms with Gasteiger partial charge in [-0.05, 0) is 93.1 Å². The summed E-state index contributed by atoms with van der Waals surface area (Å²) < 4.78 is 34.8. The van der Waals surface area contributed by atoms with Crippen LogP contribution in [0.1, 0.15) is 46.1 Å². The molecular formula is C32H40ClN3O5S2. The van der Waals surface area contributed by atoms with Crippen molar-refractivity contribution in [2.75, 3.05) is 23.7 Å². The molecule has 3 aromatic carbocycles. The lowest BCUT2D eigenvalue weighted by molar-refractivity contribution is -0.140. The molecule has 0 saturated carbocycles. The van der Waals surface area contributed by atoms with Gasteiger partial charge in [-0.1, -0.05) is 43.6 Å². The number of sulfonamides is 1. The number of nitrogens with one attached hydrogen (secondary N) is 1. The third kappa shape index (κ3) is 8.90. The maximum Gasteiger partial charge on any atom is 0.264 e. The van der Waals surface area contributed by atoms with Crippen LogP contribution in [0.15, 0.2) is 82.6 Å². The van der Waals surface area contributed by atoms with Gasteiger partial charge in [0, 0.05) is 22.5 Å². The Kier molecular flexibility index (Phi) is 12.8. The van der Waals surface area contributed by atoms with Gasteiger partial charge in [-0.15, -0.1) is 11.8 Å². The number of hydrogen-bond donors (Lipinski definition) is 1. The van der Waals surface area contributed by atoms with Crippen molar-refractivity contribution in [2.45, 2.75) is 69.0 Å². The summed E-state index contributed by atoms with van der Waals surface area (Å²) in [5.41, 5.74) is 0.941. The molecule has 0 aromatic heterocycles. The van der Waals surface area contributed by atoms with Gasteiger partial charge in [-0.25, -0.2) is 8.42 Å². The van der Waals surface area contributed by atoms with Crippen molar-refractivity contribution in [1.29, 1.82) is 0 Å². The highest BCUT2D eigenvalue weighted by Crippen LogP contribution is 2.28. The Labute approximate surface area is 264 Å². The van der Waals surface area contributed by atoms with E-state index < -0.39 is 28.5 Å². The lowest BCUT2D eigenvalue weighted by Gasteiger charge is -2.34. The van der Waals surface area contributed by atoms with Crippen LogP contribution in [0.2, 0.25) is 5.02 Å². The van der Waals surface area contributed by atoms with Crippen molar-refractivity contribution in [2.24, 2.45) is 0 Å². The Hall–Kier alpha value is -3.21. The lowest BCUT2D eigenvalue weighted by Crippen LogP contribution is -2.53. The van der Waals surface area contributed by atoms with Gasteiger partial charge in [0.1, 0.15) is 18.3 Å². The first-order chi connectivity index (χ1) is 20.5. The van der Waals surface area contributed by atoms with Crippen molar-refractivity contribution < 1.29 is 22.7 Å². The molecule has 0 fully saturated rings. The number of anilines is 1. The summed E-state index contributed by atoms with van der Waals surface area (Å²) in [5, 5.41) is 3.42. The molecule has 0 radical (unpaired) electrons. The van der Waals surface area contributed by atoms with Gasteiger partial charge >= 0.3 is 0 Å². The fraction of sp³-hybridized carbons (Fsp3) is 0.375. The zero-order valence-electron chi connectivity index (χ0n) is 25.2. The number of halogens is 1. The number of thioether (sulfide) groups is 1. The minimum absolute atomic E-state index is 0.0323. The molecule has 232 valence electrons. The maximum absolute atomic E-state index is 14.2. The molecule has 0 heterocycles. The first-order valence-electron chi connectivity index (χ1n) is 14.3. The second kappa shape index (κ2) is 16.0. The van der Waals surface area contributed by atoms with Crippen LogP contribution in [-0.4, -0.2) is 56.6 Å². The molecule has 3 aromatic rings. The molecule has 8 nitrogen and oxygen atoms in total. The van der Waals surface area contributed by atoms with Gasteiger partial charge in [-0.3, -0.25) is 13.9 Å². The molecule has 3 rings (SSSR count). The fourth-order valence-electron chi connectivity index (χ4n) is 4.45. The van der Waals surface area contributed by atoms with Crippen LogP contribution >= 0.6 is 23.4 Å². The fourth-order valence-corrected chi connectivity index (χ4v) is 6.47. The second-order valence-corrected chi connectivity index (χ2v) is 13.1. The number of amides is 2. The molecule has 0 aliphatic carbocycles. The second-order valence-electron chi connectivity index (χ2n) is 9.97. The standard InChI is InChI=1S/C32H40ClN3O5S2/c1-6-23(4)34-32(38)30(7-2)35(21-24-11-9-10-12-29(24)33)31(37)22-36(25-13-15-26(16-14-25)41-8-3)43(39,40)28-19-17-27(42-5)18-20-28/h9-20,23,30H,6-8,21-22H2,1-5H3,(H,34,38)/t23-,30-/m1/s1. The van der Waals surface area contributed by atoms with Crippen LogP contribution in [-0.2, 0) is 26.2 Å². The van der Waals surface area contributed by atoms with E-state index in [2.05, 4.69) is 5.32 Å². The first kappa shape index (κ1) is 34.3. The van der Waals surface area contributed by atoms with Crippen LogP contribution in [0.25, 0.3) is 0 Å². The predicted molar refractivity (Wildman–Crippen MR) is 174 cm³/mol. The number of benzene rings is 3. The summed E-state index contributed by atoms with van der Waals surface area (Å²) in [7, 11) is -4.18. The zero-order valence-corrected chi connectivity index (χ0v) is 27.6. The molecule has 0 saturated heterocycles. The summed E-state index contributed by atoms with van der Waals surface area (Å²) in [6.45, 7) is 7.49. The van der Waals surface area contributed by atoms with E-state index >= 15 is 0 Å². The Morgan fingerprint density at radius 1 is 0.953 bits per heavy atom. The van der Waals surface area contributed by atoms with Gasteiger partial charge < -0.3 is 15.0 Å². The van der Waals surface area contributed by atoms with E-state index in [1.54, 1.807) is 60.7 Å². The van der Waals surface area contributed by atoms with Crippen LogP contribution < -0.4 is 14.4 Å². The van der Waals surface area contributed by atoms with E-state index in [1.165, 1.54) is 28.8 Å². The number of nitrogens with zero attached hydrogens (tertiary/aromatic N) is 2. The molecule has 11 heteroatoms. The van der Waals surface area contributed by atoms with E-state index in [1.807, 2.05) is 34.0 Å². The van der Waals surface area contributed by atoms with E-state index in [0.29, 0.717) is 35.1 Å². The maximum atomic E-state index is 14.2. The number of carbonyl (C=O) groups excluding carboxylic acids is 2. The number of rotatable bonds is 15. The number of ether oxygens (including phenoxy) is 1. The summed E-state index contributed by atoms with van der Waals surface area (Å²) in [6, 6.07) is 19.2.